The molecule has 1 aliphatic heterocycles. The van der Waals surface area contributed by atoms with Gasteiger partial charge in [-0.05, 0) is 38.0 Å². The number of benzene rings is 1. The Balaban J connectivity index is 2.07. The monoisotopic (exact) mass is 292 g/mol. The zero-order valence-corrected chi connectivity index (χ0v) is 12.2. The fraction of sp³-hybridized carbons (Fsp3) is 0.467. The quantitative estimate of drug-likeness (QED) is 0.794. The van der Waals surface area contributed by atoms with Crippen LogP contribution in [-0.2, 0) is 0 Å². The van der Waals surface area contributed by atoms with Crippen molar-refractivity contribution >= 4 is 17.7 Å². The maximum atomic E-state index is 12.2. The lowest BCUT2D eigenvalue weighted by atomic mass is 10.0. The molecule has 0 spiro atoms. The van der Waals surface area contributed by atoms with Crippen molar-refractivity contribution in [1.29, 1.82) is 0 Å². The van der Waals surface area contributed by atoms with Crippen molar-refractivity contribution in [2.75, 3.05) is 18.4 Å². The molecule has 6 nitrogen and oxygen atoms in total. The molecule has 0 radical (unpaired) electrons. The van der Waals surface area contributed by atoms with Crippen LogP contribution < -0.4 is 5.32 Å². The van der Waals surface area contributed by atoms with Gasteiger partial charge in [-0.1, -0.05) is 6.07 Å². The van der Waals surface area contributed by atoms with E-state index >= 15 is 0 Å². The number of hydrogen-bond acceptors (Lipinski definition) is 3. The number of anilines is 1. The maximum Gasteiger partial charge on any atom is 0.336 e. The number of hydrogen-bond donors (Lipinski definition) is 3. The number of urea groups is 1. The van der Waals surface area contributed by atoms with E-state index in [0.29, 0.717) is 24.3 Å². The third-order valence-electron chi connectivity index (χ3n) is 4.00. The van der Waals surface area contributed by atoms with Gasteiger partial charge in [-0.15, -0.1) is 0 Å². The molecule has 3 N–H and O–H groups in total. The van der Waals surface area contributed by atoms with Crippen LogP contribution in [0.2, 0.25) is 0 Å². The van der Waals surface area contributed by atoms with Crippen molar-refractivity contribution in [3.05, 3.63) is 29.3 Å². The Hall–Kier alpha value is -2.08. The van der Waals surface area contributed by atoms with Crippen molar-refractivity contribution in [1.82, 2.24) is 4.90 Å². The highest BCUT2D eigenvalue weighted by Crippen LogP contribution is 2.23. The van der Waals surface area contributed by atoms with E-state index in [1.54, 1.807) is 30.9 Å². The summed E-state index contributed by atoms with van der Waals surface area (Å²) >= 11 is 0. The highest BCUT2D eigenvalue weighted by molar-refractivity contribution is 5.95. The summed E-state index contributed by atoms with van der Waals surface area (Å²) in [7, 11) is 0. The molecule has 114 valence electrons. The van der Waals surface area contributed by atoms with E-state index in [0.717, 1.165) is 6.42 Å². The zero-order chi connectivity index (χ0) is 15.6. The first-order valence-corrected chi connectivity index (χ1v) is 6.97. The van der Waals surface area contributed by atoms with E-state index in [1.165, 1.54) is 6.07 Å². The first-order chi connectivity index (χ1) is 9.90. The number of amides is 2. The van der Waals surface area contributed by atoms with Gasteiger partial charge in [-0.3, -0.25) is 0 Å². The van der Waals surface area contributed by atoms with Gasteiger partial charge in [0, 0.05) is 24.7 Å². The molecular formula is C15H20N2O4. The highest BCUT2D eigenvalue weighted by Gasteiger charge is 2.29. The summed E-state index contributed by atoms with van der Waals surface area (Å²) in [5.74, 6) is -0.916. The Morgan fingerprint density at radius 1 is 1.43 bits per heavy atom. The number of carbonyl (C=O) groups excluding carboxylic acids is 1. The molecule has 1 aromatic carbocycles. The molecule has 21 heavy (non-hydrogen) atoms. The molecular weight excluding hydrogens is 272 g/mol. The van der Waals surface area contributed by atoms with E-state index in [-0.39, 0.29) is 17.5 Å². The SMILES string of the molecule is Cc1c(NC(=O)N2CCC(C(C)O)C2)cccc1C(=O)O. The van der Waals surface area contributed by atoms with Gasteiger partial charge >= 0.3 is 12.0 Å². The van der Waals surface area contributed by atoms with Crippen LogP contribution in [0.3, 0.4) is 0 Å². The van der Waals surface area contributed by atoms with Gasteiger partial charge in [0.15, 0.2) is 0 Å². The number of aromatic carboxylic acids is 1. The molecule has 1 heterocycles. The number of carboxylic acid groups (broad SMARTS) is 1. The third kappa shape index (κ3) is 3.33. The Bertz CT molecular complexity index is 557. The summed E-state index contributed by atoms with van der Waals surface area (Å²) in [6.07, 6.45) is 0.346. The Morgan fingerprint density at radius 3 is 2.71 bits per heavy atom. The van der Waals surface area contributed by atoms with Crippen LogP contribution in [0.5, 0.6) is 0 Å². The van der Waals surface area contributed by atoms with Gasteiger partial charge in [0.1, 0.15) is 0 Å². The average Bonchev–Trinajstić information content (AvgIpc) is 2.90. The minimum atomic E-state index is -1.01. The van der Waals surface area contributed by atoms with Gasteiger partial charge in [-0.2, -0.15) is 0 Å². The van der Waals surface area contributed by atoms with E-state index in [2.05, 4.69) is 5.32 Å². The lowest BCUT2D eigenvalue weighted by Crippen LogP contribution is -2.34. The predicted octanol–water partition coefficient (Wildman–Crippen LogP) is 1.93. The van der Waals surface area contributed by atoms with Crippen LogP contribution in [0.4, 0.5) is 10.5 Å². The van der Waals surface area contributed by atoms with Gasteiger partial charge in [0.05, 0.1) is 11.7 Å². The number of aliphatic hydroxyl groups excluding tert-OH is 1. The molecule has 2 rings (SSSR count). The summed E-state index contributed by atoms with van der Waals surface area (Å²) < 4.78 is 0. The van der Waals surface area contributed by atoms with Gasteiger partial charge in [-0.25, -0.2) is 9.59 Å². The first kappa shape index (κ1) is 15.3. The minimum absolute atomic E-state index is 0.0993. The van der Waals surface area contributed by atoms with Crippen LogP contribution in [-0.4, -0.2) is 46.3 Å². The van der Waals surface area contributed by atoms with Gasteiger partial charge in [0.25, 0.3) is 0 Å². The van der Waals surface area contributed by atoms with Crippen LogP contribution in [0, 0.1) is 12.8 Å². The Kier molecular flexibility index (Phi) is 4.47. The van der Waals surface area contributed by atoms with Gasteiger partial charge in [0.2, 0.25) is 0 Å². The zero-order valence-electron chi connectivity index (χ0n) is 12.2. The fourth-order valence-corrected chi connectivity index (χ4v) is 2.56. The first-order valence-electron chi connectivity index (χ1n) is 6.97. The smallest absolute Gasteiger partial charge is 0.336 e. The van der Waals surface area contributed by atoms with E-state index < -0.39 is 12.1 Å². The van der Waals surface area contributed by atoms with Crippen molar-refractivity contribution in [2.45, 2.75) is 26.4 Å². The molecule has 1 aliphatic rings. The number of nitrogens with zero attached hydrogens (tertiary/aromatic N) is 1. The molecule has 0 bridgehead atoms. The molecule has 6 heteroatoms. The van der Waals surface area contributed by atoms with E-state index in [4.69, 9.17) is 5.11 Å². The van der Waals surface area contributed by atoms with Crippen molar-refractivity contribution < 1.29 is 19.8 Å². The third-order valence-corrected chi connectivity index (χ3v) is 4.00. The largest absolute Gasteiger partial charge is 0.478 e. The van der Waals surface area contributed by atoms with Crippen molar-refractivity contribution in [3.63, 3.8) is 0 Å². The number of carboxylic acids is 1. The number of rotatable bonds is 3. The lowest BCUT2D eigenvalue weighted by Gasteiger charge is -2.19. The Morgan fingerprint density at radius 2 is 2.14 bits per heavy atom. The molecule has 1 saturated heterocycles. The average molecular weight is 292 g/mol. The maximum absolute atomic E-state index is 12.2. The van der Waals surface area contributed by atoms with E-state index in [9.17, 15) is 14.7 Å². The van der Waals surface area contributed by atoms with Gasteiger partial charge < -0.3 is 20.4 Å². The molecule has 2 unspecified atom stereocenters. The summed E-state index contributed by atoms with van der Waals surface area (Å²) in [6, 6.07) is 4.53. The number of likely N-dealkylation sites (tertiary alicyclic amines) is 1. The lowest BCUT2D eigenvalue weighted by molar-refractivity contribution is 0.0696. The second-order valence-corrected chi connectivity index (χ2v) is 5.45. The second kappa shape index (κ2) is 6.13. The minimum Gasteiger partial charge on any atom is -0.478 e. The topological polar surface area (TPSA) is 89.9 Å². The number of nitrogens with one attached hydrogen (secondary N) is 1. The predicted molar refractivity (Wildman–Crippen MR) is 78.5 cm³/mol. The van der Waals surface area contributed by atoms with Crippen LogP contribution >= 0.6 is 0 Å². The molecule has 2 amide bonds. The Labute approximate surface area is 123 Å². The summed E-state index contributed by atoms with van der Waals surface area (Å²) in [6.45, 7) is 4.51. The highest BCUT2D eigenvalue weighted by atomic mass is 16.4. The molecule has 2 atom stereocenters. The van der Waals surface area contributed by atoms with E-state index in [1.807, 2.05) is 0 Å². The molecule has 1 fully saturated rings. The fourth-order valence-electron chi connectivity index (χ4n) is 2.56. The van der Waals surface area contributed by atoms with Crippen molar-refractivity contribution in [3.8, 4) is 0 Å². The van der Waals surface area contributed by atoms with Crippen LogP contribution in [0.1, 0.15) is 29.3 Å². The van der Waals surface area contributed by atoms with Crippen LogP contribution in [0.25, 0.3) is 0 Å². The summed E-state index contributed by atoms with van der Waals surface area (Å²) in [5, 5.41) is 21.4. The van der Waals surface area contributed by atoms with Crippen LogP contribution in [0.15, 0.2) is 18.2 Å². The standard InChI is InChI=1S/C15H20N2O4/c1-9-12(14(19)20)4-3-5-13(9)16-15(21)17-7-6-11(8-17)10(2)18/h3-5,10-11,18H,6-8H2,1-2H3,(H,16,21)(H,19,20). The molecule has 0 aromatic heterocycles. The number of aliphatic hydroxyl groups is 1. The number of carbonyl (C=O) groups is 2. The molecule has 0 saturated carbocycles. The summed E-state index contributed by atoms with van der Waals surface area (Å²) in [5.41, 5.74) is 1.21. The van der Waals surface area contributed by atoms with Crippen molar-refractivity contribution in [2.24, 2.45) is 5.92 Å². The molecule has 0 aliphatic carbocycles. The summed E-state index contributed by atoms with van der Waals surface area (Å²) in [4.78, 5) is 24.9. The second-order valence-electron chi connectivity index (χ2n) is 5.45. The normalized spacial score (nSPS) is 19.4. The molecule has 1 aromatic rings.